The van der Waals surface area contributed by atoms with E-state index in [0.717, 1.165) is 0 Å². The van der Waals surface area contributed by atoms with E-state index in [-0.39, 0.29) is 22.2 Å². The average Bonchev–Trinajstić information content (AvgIpc) is 2.53. The molecule has 0 heterocycles. The number of hydrazine groups is 1. The molecule has 0 saturated heterocycles. The lowest BCUT2D eigenvalue weighted by Crippen LogP contribution is -2.43. The standard InChI is InChI=1S/C16H15N3O3S/c1-10(20)11-6-8-12(9-7-11)17-16(23)19-18-15(22)13-4-2-3-5-14(13)21/h2-9,21H,1H3,(H,18,22)(H2,17,19,23). The minimum Gasteiger partial charge on any atom is -0.507 e. The van der Waals surface area contributed by atoms with Crippen LogP contribution in [-0.2, 0) is 0 Å². The Morgan fingerprint density at radius 2 is 1.65 bits per heavy atom. The van der Waals surface area contributed by atoms with Crippen LogP contribution in [0.15, 0.2) is 48.5 Å². The van der Waals surface area contributed by atoms with Crippen LogP contribution in [-0.4, -0.2) is 21.9 Å². The first-order chi connectivity index (χ1) is 11.0. The summed E-state index contributed by atoms with van der Waals surface area (Å²) < 4.78 is 0. The minimum absolute atomic E-state index is 0.0211. The summed E-state index contributed by atoms with van der Waals surface area (Å²) in [6.45, 7) is 1.49. The maximum absolute atomic E-state index is 11.9. The molecule has 0 aliphatic rings. The zero-order valence-electron chi connectivity index (χ0n) is 12.3. The minimum atomic E-state index is -0.515. The van der Waals surface area contributed by atoms with Gasteiger partial charge >= 0.3 is 0 Å². The molecular weight excluding hydrogens is 314 g/mol. The van der Waals surface area contributed by atoms with Gasteiger partial charge in [-0.1, -0.05) is 12.1 Å². The number of amides is 1. The Kier molecular flexibility index (Phi) is 5.27. The zero-order valence-corrected chi connectivity index (χ0v) is 13.1. The number of thiocarbonyl (C=S) groups is 1. The molecule has 0 unspecified atom stereocenters. The Bertz CT molecular complexity index is 744. The third-order valence-corrected chi connectivity index (χ3v) is 3.19. The van der Waals surface area contributed by atoms with E-state index < -0.39 is 5.91 Å². The lowest BCUT2D eigenvalue weighted by Gasteiger charge is -2.12. The summed E-state index contributed by atoms with van der Waals surface area (Å²) in [7, 11) is 0. The van der Waals surface area contributed by atoms with Crippen molar-refractivity contribution in [2.24, 2.45) is 0 Å². The molecule has 0 spiro atoms. The third kappa shape index (κ3) is 4.52. The highest BCUT2D eigenvalue weighted by Crippen LogP contribution is 2.14. The normalized spacial score (nSPS) is 9.78. The van der Waals surface area contributed by atoms with Crippen molar-refractivity contribution in [1.29, 1.82) is 0 Å². The number of rotatable bonds is 3. The molecule has 1 amide bonds. The first kappa shape index (κ1) is 16.4. The van der Waals surface area contributed by atoms with Crippen molar-refractivity contribution in [3.8, 4) is 5.75 Å². The van der Waals surface area contributed by atoms with E-state index in [1.807, 2.05) is 0 Å². The van der Waals surface area contributed by atoms with Crippen LogP contribution < -0.4 is 16.2 Å². The number of anilines is 1. The number of hydrogen-bond donors (Lipinski definition) is 4. The molecule has 0 aliphatic carbocycles. The number of phenols is 1. The van der Waals surface area contributed by atoms with E-state index in [1.54, 1.807) is 36.4 Å². The molecule has 4 N–H and O–H groups in total. The molecule has 0 bridgehead atoms. The first-order valence-corrected chi connectivity index (χ1v) is 7.14. The summed E-state index contributed by atoms with van der Waals surface area (Å²) in [6, 6.07) is 12.9. The number of ketones is 1. The van der Waals surface area contributed by atoms with Gasteiger partial charge in [-0.3, -0.25) is 20.4 Å². The summed E-state index contributed by atoms with van der Waals surface area (Å²) in [5.74, 6) is -0.656. The summed E-state index contributed by atoms with van der Waals surface area (Å²) in [5, 5.41) is 12.6. The third-order valence-electron chi connectivity index (χ3n) is 2.99. The van der Waals surface area contributed by atoms with Gasteiger partial charge in [-0.25, -0.2) is 0 Å². The van der Waals surface area contributed by atoms with E-state index >= 15 is 0 Å². The van der Waals surface area contributed by atoms with E-state index in [1.165, 1.54) is 19.1 Å². The molecule has 2 aromatic rings. The van der Waals surface area contributed by atoms with Crippen molar-refractivity contribution in [2.75, 3.05) is 5.32 Å². The van der Waals surface area contributed by atoms with Gasteiger partial charge in [-0.05, 0) is 55.5 Å². The van der Waals surface area contributed by atoms with Crippen molar-refractivity contribution in [1.82, 2.24) is 10.9 Å². The molecule has 0 aliphatic heterocycles. The lowest BCUT2D eigenvalue weighted by molar-refractivity contribution is 0.0940. The lowest BCUT2D eigenvalue weighted by atomic mass is 10.1. The van der Waals surface area contributed by atoms with Crippen LogP contribution in [0.5, 0.6) is 5.75 Å². The maximum Gasteiger partial charge on any atom is 0.273 e. The monoisotopic (exact) mass is 329 g/mol. The average molecular weight is 329 g/mol. The number of benzene rings is 2. The molecule has 0 saturated carbocycles. The largest absolute Gasteiger partial charge is 0.507 e. The molecule has 0 aromatic heterocycles. The number of nitrogens with one attached hydrogen (secondary N) is 3. The van der Waals surface area contributed by atoms with Gasteiger partial charge in [0.25, 0.3) is 5.91 Å². The highest BCUT2D eigenvalue weighted by atomic mass is 32.1. The van der Waals surface area contributed by atoms with E-state index in [2.05, 4.69) is 16.2 Å². The Balaban J connectivity index is 1.89. The van der Waals surface area contributed by atoms with Crippen molar-refractivity contribution in [3.63, 3.8) is 0 Å². The number of carbonyl (C=O) groups excluding carboxylic acids is 2. The predicted octanol–water partition coefficient (Wildman–Crippen LogP) is 2.23. The summed E-state index contributed by atoms with van der Waals surface area (Å²) in [4.78, 5) is 23.1. The Morgan fingerprint density at radius 3 is 2.26 bits per heavy atom. The molecule has 6 nitrogen and oxygen atoms in total. The Hall–Kier alpha value is -2.93. The molecule has 0 fully saturated rings. The van der Waals surface area contributed by atoms with Gasteiger partial charge in [0.05, 0.1) is 5.56 Å². The quantitative estimate of drug-likeness (QED) is 0.392. The van der Waals surface area contributed by atoms with Crippen molar-refractivity contribution in [3.05, 3.63) is 59.7 Å². The topological polar surface area (TPSA) is 90.5 Å². The second-order valence-corrected chi connectivity index (χ2v) is 5.09. The van der Waals surface area contributed by atoms with Crippen LogP contribution in [0.25, 0.3) is 0 Å². The molecule has 7 heteroatoms. The van der Waals surface area contributed by atoms with Gasteiger partial charge in [0.15, 0.2) is 10.9 Å². The fourth-order valence-electron chi connectivity index (χ4n) is 1.80. The van der Waals surface area contributed by atoms with Crippen LogP contribution in [0.3, 0.4) is 0 Å². The van der Waals surface area contributed by atoms with Crippen LogP contribution in [0.2, 0.25) is 0 Å². The van der Waals surface area contributed by atoms with Crippen LogP contribution in [0.4, 0.5) is 5.69 Å². The second kappa shape index (κ2) is 7.37. The van der Waals surface area contributed by atoms with Gasteiger partial charge in [0, 0.05) is 11.3 Å². The summed E-state index contributed by atoms with van der Waals surface area (Å²) in [6.07, 6.45) is 0. The fourth-order valence-corrected chi connectivity index (χ4v) is 1.97. The molecule has 0 atom stereocenters. The van der Waals surface area contributed by atoms with Gasteiger partial charge in [0.2, 0.25) is 0 Å². The van der Waals surface area contributed by atoms with Gasteiger partial charge < -0.3 is 10.4 Å². The van der Waals surface area contributed by atoms with E-state index in [0.29, 0.717) is 11.3 Å². The number of aromatic hydroxyl groups is 1. The van der Waals surface area contributed by atoms with Crippen molar-refractivity contribution < 1.29 is 14.7 Å². The number of hydrogen-bond acceptors (Lipinski definition) is 4. The number of para-hydroxylation sites is 1. The SMILES string of the molecule is CC(=O)c1ccc(NC(=S)NNC(=O)c2ccccc2O)cc1. The summed E-state index contributed by atoms with van der Waals surface area (Å²) in [5.41, 5.74) is 6.32. The molecule has 118 valence electrons. The predicted molar refractivity (Wildman–Crippen MR) is 91.4 cm³/mol. The molecule has 0 radical (unpaired) electrons. The second-order valence-electron chi connectivity index (χ2n) is 4.68. The van der Waals surface area contributed by atoms with Gasteiger partial charge in [-0.2, -0.15) is 0 Å². The van der Waals surface area contributed by atoms with Crippen LogP contribution in [0.1, 0.15) is 27.6 Å². The Morgan fingerprint density at radius 1 is 1.00 bits per heavy atom. The zero-order chi connectivity index (χ0) is 16.8. The number of Topliss-reactive ketones (excluding diaryl/α,β-unsaturated/α-hetero) is 1. The molecule has 2 aromatic carbocycles. The van der Waals surface area contributed by atoms with Crippen LogP contribution >= 0.6 is 12.2 Å². The first-order valence-electron chi connectivity index (χ1n) is 6.73. The number of carbonyl (C=O) groups is 2. The molecule has 23 heavy (non-hydrogen) atoms. The van der Waals surface area contributed by atoms with Crippen molar-refractivity contribution in [2.45, 2.75) is 6.92 Å². The molecule has 2 rings (SSSR count). The summed E-state index contributed by atoms with van der Waals surface area (Å²) >= 11 is 5.06. The van der Waals surface area contributed by atoms with Crippen LogP contribution in [0, 0.1) is 0 Å². The molecular formula is C16H15N3O3S. The number of phenolic OH excluding ortho intramolecular Hbond substituents is 1. The highest BCUT2D eigenvalue weighted by molar-refractivity contribution is 7.80. The van der Waals surface area contributed by atoms with E-state index in [4.69, 9.17) is 12.2 Å². The highest BCUT2D eigenvalue weighted by Gasteiger charge is 2.10. The maximum atomic E-state index is 11.9. The van der Waals surface area contributed by atoms with Gasteiger partial charge in [0.1, 0.15) is 5.75 Å². The fraction of sp³-hybridized carbons (Fsp3) is 0.0625. The van der Waals surface area contributed by atoms with Gasteiger partial charge in [-0.15, -0.1) is 0 Å². The smallest absolute Gasteiger partial charge is 0.273 e. The Labute approximate surface area is 138 Å². The van der Waals surface area contributed by atoms with Crippen molar-refractivity contribution >= 4 is 34.7 Å². The van der Waals surface area contributed by atoms with E-state index in [9.17, 15) is 14.7 Å².